The Hall–Kier alpha value is -6.74. The summed E-state index contributed by atoms with van der Waals surface area (Å²) in [6, 6.07) is 9.40. The number of benzene rings is 2. The van der Waals surface area contributed by atoms with Crippen molar-refractivity contribution in [3.8, 4) is 11.1 Å². The Morgan fingerprint density at radius 2 is 1.56 bits per heavy atom. The maximum atomic E-state index is 14.7. The van der Waals surface area contributed by atoms with Gasteiger partial charge in [-0.1, -0.05) is 25.7 Å². The standard InChI is InChI=1S/C59H76F2N12O6S/c1-36(63-3)56(77)67-53(59(79)72-27-12-14-48(72)57-66-46(35-80-57)54(76)39-17-19-41(60)20-18-39)38-23-28-70(29-24-38)51(75)16-10-8-6-5-7-9-15-50(74)64-25-30-73-37(2)52-40-31-49(55(62)65-33-40)71-26-11-13-47(71)44-32-42(61)21-22-43(44)58(78)69(4)34-45(52)68-73/h17-22,31-33,36,38,46-48,53,63H,5-16,23-30,34-35H2,1-4H3,(H2,62,65)(H,64,74)(H,67,77)/t36-,46?,47-,48-,53-/m1/s1. The first-order valence-electron chi connectivity index (χ1n) is 28.6. The van der Waals surface area contributed by atoms with Gasteiger partial charge >= 0.3 is 0 Å². The summed E-state index contributed by atoms with van der Waals surface area (Å²) < 4.78 is 30.1. The number of aliphatic imine (C=N–C) groups is 1. The van der Waals surface area contributed by atoms with E-state index in [0.29, 0.717) is 105 Å². The highest BCUT2D eigenvalue weighted by molar-refractivity contribution is 8.14. The summed E-state index contributed by atoms with van der Waals surface area (Å²) in [6.45, 7) is 6.91. The predicted molar refractivity (Wildman–Crippen MR) is 305 cm³/mol. The molecule has 428 valence electrons. The van der Waals surface area contributed by atoms with Crippen LogP contribution in [0.1, 0.15) is 141 Å². The van der Waals surface area contributed by atoms with E-state index >= 15 is 0 Å². The quantitative estimate of drug-likeness (QED) is 0.0520. The smallest absolute Gasteiger partial charge is 0.254 e. The fraction of sp³-hybridized carbons (Fsp3) is 0.542. The molecule has 21 heteroatoms. The number of likely N-dealkylation sites (tertiary alicyclic amines) is 2. The van der Waals surface area contributed by atoms with Crippen molar-refractivity contribution < 1.29 is 37.5 Å². The van der Waals surface area contributed by atoms with Gasteiger partial charge in [-0.15, -0.1) is 11.8 Å². The first-order valence-corrected chi connectivity index (χ1v) is 29.5. The number of anilines is 2. The Morgan fingerprint density at radius 3 is 2.31 bits per heavy atom. The molecule has 3 saturated heterocycles. The van der Waals surface area contributed by atoms with Crippen molar-refractivity contribution >= 4 is 63.6 Å². The van der Waals surface area contributed by atoms with Gasteiger partial charge in [0.15, 0.2) is 5.78 Å². The van der Waals surface area contributed by atoms with Crippen molar-refractivity contribution in [3.63, 3.8) is 0 Å². The molecule has 3 fully saturated rings. The second kappa shape index (κ2) is 26.2. The minimum atomic E-state index is -0.775. The number of piperidine rings is 1. The van der Waals surface area contributed by atoms with Crippen LogP contribution in [0.5, 0.6) is 0 Å². The zero-order chi connectivity index (χ0) is 56.6. The number of nitrogens with one attached hydrogen (secondary N) is 3. The molecule has 2 bridgehead atoms. The number of rotatable bonds is 20. The van der Waals surface area contributed by atoms with Gasteiger partial charge in [0.25, 0.3) is 5.91 Å². The van der Waals surface area contributed by atoms with E-state index in [1.54, 1.807) is 38.2 Å². The minimum Gasteiger partial charge on any atom is -0.382 e. The number of Topliss-reactive ketones (excluding diaryl/α,β-unsaturated/α-hetero) is 1. The van der Waals surface area contributed by atoms with Gasteiger partial charge in [-0.25, -0.2) is 13.8 Å². The van der Waals surface area contributed by atoms with Crippen molar-refractivity contribution in [1.82, 2.24) is 45.4 Å². The molecule has 9 rings (SSSR count). The van der Waals surface area contributed by atoms with Gasteiger partial charge in [0.1, 0.15) is 29.5 Å². The van der Waals surface area contributed by atoms with Crippen molar-refractivity contribution in [1.29, 1.82) is 0 Å². The second-order valence-corrected chi connectivity index (χ2v) is 23.1. The van der Waals surface area contributed by atoms with E-state index in [1.165, 1.54) is 48.2 Å². The van der Waals surface area contributed by atoms with Crippen molar-refractivity contribution in [2.75, 3.05) is 63.2 Å². The van der Waals surface area contributed by atoms with Crippen LogP contribution in [-0.2, 0) is 32.3 Å². The van der Waals surface area contributed by atoms with Crippen LogP contribution in [-0.4, -0.2) is 147 Å². The summed E-state index contributed by atoms with van der Waals surface area (Å²) in [7, 11) is 3.42. The number of hydrogen-bond donors (Lipinski definition) is 4. The fourth-order valence-electron chi connectivity index (χ4n) is 12.1. The molecule has 0 aliphatic carbocycles. The van der Waals surface area contributed by atoms with E-state index in [1.807, 2.05) is 27.5 Å². The fourth-order valence-corrected chi connectivity index (χ4v) is 13.3. The van der Waals surface area contributed by atoms with Crippen LogP contribution in [0.2, 0.25) is 0 Å². The molecule has 4 aromatic rings. The van der Waals surface area contributed by atoms with Crippen LogP contribution in [0, 0.1) is 24.5 Å². The Bertz CT molecular complexity index is 2970. The van der Waals surface area contributed by atoms with E-state index in [9.17, 15) is 37.5 Å². The molecular formula is C59H76F2N12O6S. The van der Waals surface area contributed by atoms with Crippen molar-refractivity contribution in [3.05, 3.63) is 94.4 Å². The molecule has 5 aliphatic heterocycles. The zero-order valence-electron chi connectivity index (χ0n) is 46.5. The normalized spacial score (nSPS) is 20.1. The van der Waals surface area contributed by atoms with Gasteiger partial charge in [0.2, 0.25) is 23.6 Å². The number of aromatic nitrogens is 3. The first kappa shape index (κ1) is 57.9. The maximum Gasteiger partial charge on any atom is 0.254 e. The lowest BCUT2D eigenvalue weighted by Gasteiger charge is -2.38. The Morgan fingerprint density at radius 1 is 0.863 bits per heavy atom. The lowest BCUT2D eigenvalue weighted by molar-refractivity contribution is -0.139. The van der Waals surface area contributed by atoms with Gasteiger partial charge in [0, 0.05) is 92.5 Å². The van der Waals surface area contributed by atoms with E-state index in [-0.39, 0.29) is 59.9 Å². The average Bonchev–Trinajstić information content (AvgIpc) is 4.32. The average molecular weight is 1120 g/mol. The molecule has 7 heterocycles. The van der Waals surface area contributed by atoms with Crippen molar-refractivity contribution in [2.45, 2.75) is 147 Å². The molecule has 5 atom stereocenters. The minimum absolute atomic E-state index is 0.0345. The lowest BCUT2D eigenvalue weighted by atomic mass is 9.87. The summed E-state index contributed by atoms with van der Waals surface area (Å²) in [6.07, 6.45) is 12.0. The molecule has 0 radical (unpaired) electrons. The lowest BCUT2D eigenvalue weighted by Crippen LogP contribution is -2.58. The molecule has 80 heavy (non-hydrogen) atoms. The maximum absolute atomic E-state index is 14.7. The number of pyridine rings is 1. The number of ketones is 1. The third kappa shape index (κ3) is 13.2. The third-order valence-corrected chi connectivity index (χ3v) is 17.9. The van der Waals surface area contributed by atoms with Crippen LogP contribution >= 0.6 is 11.8 Å². The molecule has 18 nitrogen and oxygen atoms in total. The SMILES string of the molecule is CN[C@H](C)C(=O)N[C@@H](C(=O)N1CCC[C@@H]1C1=NC(C(=O)c2ccc(F)cc2)CS1)C1CCN(C(=O)CCCCCCCCC(=O)NCCn2nc3c(c2C)-c2cnc(N)c(c2)N2CCC[C@@H]2c2cc(F)ccc2C(=O)N(C)C3)CC1. The number of nitrogens with two attached hydrogens (primary N) is 1. The number of nitrogens with zero attached hydrogens (tertiary/aromatic N) is 8. The summed E-state index contributed by atoms with van der Waals surface area (Å²) >= 11 is 1.47. The van der Waals surface area contributed by atoms with E-state index in [0.717, 1.165) is 85.3 Å². The molecule has 5 amide bonds. The van der Waals surface area contributed by atoms with Crippen LogP contribution in [0.4, 0.5) is 20.3 Å². The highest BCUT2D eigenvalue weighted by Crippen LogP contribution is 2.43. The number of fused-ring (bicyclic) bond motifs is 8. The van der Waals surface area contributed by atoms with Crippen molar-refractivity contribution in [2.24, 2.45) is 10.9 Å². The highest BCUT2D eigenvalue weighted by Gasteiger charge is 2.43. The molecule has 2 aromatic heterocycles. The predicted octanol–water partition coefficient (Wildman–Crippen LogP) is 7.00. The van der Waals surface area contributed by atoms with Gasteiger partial charge in [-0.2, -0.15) is 5.10 Å². The number of carbonyl (C=O) groups is 6. The molecule has 5 N–H and O–H groups in total. The molecule has 2 aromatic carbocycles. The first-order chi connectivity index (χ1) is 38.6. The number of carbonyl (C=O) groups excluding carboxylic acids is 6. The molecule has 0 spiro atoms. The van der Waals surface area contributed by atoms with Gasteiger partial charge < -0.3 is 41.3 Å². The molecule has 0 saturated carbocycles. The number of amides is 5. The van der Waals surface area contributed by atoms with Crippen LogP contribution in [0.3, 0.4) is 0 Å². The Balaban J connectivity index is 0.699. The second-order valence-electron chi connectivity index (χ2n) is 22.0. The summed E-state index contributed by atoms with van der Waals surface area (Å²) in [5.74, 6) is -0.974. The number of nitrogen functional groups attached to an aromatic ring is 1. The molecule has 5 aliphatic rings. The Kier molecular flexibility index (Phi) is 19.0. The van der Waals surface area contributed by atoms with E-state index in [4.69, 9.17) is 15.8 Å². The number of thioether (sulfide) groups is 1. The van der Waals surface area contributed by atoms with E-state index in [2.05, 4.69) is 25.8 Å². The number of unbranched alkanes of at least 4 members (excludes halogenated alkanes) is 5. The monoisotopic (exact) mass is 1120 g/mol. The van der Waals surface area contributed by atoms with Crippen LogP contribution in [0.15, 0.2) is 59.7 Å². The van der Waals surface area contributed by atoms with Crippen LogP contribution < -0.4 is 26.6 Å². The van der Waals surface area contributed by atoms with Gasteiger partial charge in [-0.3, -0.25) is 38.4 Å². The number of hydrogen-bond acceptors (Lipinski definition) is 13. The zero-order valence-corrected chi connectivity index (χ0v) is 47.3. The van der Waals surface area contributed by atoms with E-state index < -0.39 is 29.8 Å². The highest BCUT2D eigenvalue weighted by atomic mass is 32.2. The summed E-state index contributed by atoms with van der Waals surface area (Å²) in [5.41, 5.74) is 11.9. The number of halogens is 2. The summed E-state index contributed by atoms with van der Waals surface area (Å²) in [4.78, 5) is 98.3. The van der Waals surface area contributed by atoms with Gasteiger partial charge in [0.05, 0.1) is 47.6 Å². The number of likely N-dealkylation sites (N-methyl/N-ethyl adjacent to an activating group) is 1. The third-order valence-electron chi connectivity index (χ3n) is 16.7. The van der Waals surface area contributed by atoms with Gasteiger partial charge in [-0.05, 0) is 132 Å². The topological polar surface area (TPSA) is 221 Å². The molecular weight excluding hydrogens is 1040 g/mol. The summed E-state index contributed by atoms with van der Waals surface area (Å²) in [5, 5.41) is 14.8. The largest absolute Gasteiger partial charge is 0.382 e. The van der Waals surface area contributed by atoms with Crippen LogP contribution in [0.25, 0.3) is 11.1 Å². The Labute approximate surface area is 471 Å². The molecule has 1 unspecified atom stereocenters.